The van der Waals surface area contributed by atoms with E-state index in [0.717, 1.165) is 22.4 Å². The number of anilines is 2. The molecule has 0 unspecified atom stereocenters. The summed E-state index contributed by atoms with van der Waals surface area (Å²) in [5.41, 5.74) is 9.05. The van der Waals surface area contributed by atoms with E-state index in [1.807, 2.05) is 48.5 Å². The van der Waals surface area contributed by atoms with Gasteiger partial charge in [-0.05, 0) is 41.0 Å². The molecule has 0 atom stereocenters. The molecule has 0 saturated carbocycles. The second-order valence-electron chi connectivity index (χ2n) is 6.00. The van der Waals surface area contributed by atoms with Crippen LogP contribution in [0.1, 0.15) is 5.56 Å². The molecule has 7 heteroatoms. The van der Waals surface area contributed by atoms with E-state index in [2.05, 4.69) is 15.3 Å². The minimum absolute atomic E-state index is 0.143. The number of rotatable bonds is 4. The molecule has 0 aliphatic carbocycles. The Morgan fingerprint density at radius 3 is 2.78 bits per heavy atom. The van der Waals surface area contributed by atoms with E-state index < -0.39 is 5.69 Å². The number of fused-ring (bicyclic) bond motifs is 1. The van der Waals surface area contributed by atoms with Crippen LogP contribution in [0.15, 0.2) is 71.7 Å². The summed E-state index contributed by atoms with van der Waals surface area (Å²) < 4.78 is 0.439. The standard InChI is InChI=1S/C20H17N5O2/c21-12-14-5-1-2-8-16(14)13-6-3-7-15(11-13)23-18-17-9-4-10-22-19(17)25(27)20(26)24-18/h1-11,27H,12,21H2,(H,23,24,26). The van der Waals surface area contributed by atoms with Crippen molar-refractivity contribution in [1.29, 1.82) is 0 Å². The largest absolute Gasteiger partial charge is 0.422 e. The summed E-state index contributed by atoms with van der Waals surface area (Å²) in [4.78, 5) is 19.9. The summed E-state index contributed by atoms with van der Waals surface area (Å²) in [5.74, 6) is 0.331. The highest BCUT2D eigenvalue weighted by atomic mass is 16.5. The summed E-state index contributed by atoms with van der Waals surface area (Å²) in [6.07, 6.45) is 1.50. The van der Waals surface area contributed by atoms with Crippen molar-refractivity contribution in [3.63, 3.8) is 0 Å². The molecule has 4 N–H and O–H groups in total. The zero-order valence-electron chi connectivity index (χ0n) is 14.3. The maximum absolute atomic E-state index is 11.9. The Morgan fingerprint density at radius 2 is 1.93 bits per heavy atom. The van der Waals surface area contributed by atoms with Gasteiger partial charge in [-0.25, -0.2) is 9.78 Å². The molecule has 0 aliphatic rings. The van der Waals surface area contributed by atoms with Gasteiger partial charge >= 0.3 is 5.69 Å². The minimum Gasteiger partial charge on any atom is -0.422 e. The number of hydrogen-bond donors (Lipinski definition) is 3. The van der Waals surface area contributed by atoms with Crippen molar-refractivity contribution >= 4 is 22.5 Å². The zero-order valence-corrected chi connectivity index (χ0v) is 14.3. The maximum atomic E-state index is 11.9. The predicted octanol–water partition coefficient (Wildman–Crippen LogP) is 2.90. The lowest BCUT2D eigenvalue weighted by Gasteiger charge is -2.12. The van der Waals surface area contributed by atoms with E-state index in [9.17, 15) is 10.0 Å². The van der Waals surface area contributed by atoms with Gasteiger partial charge in [-0.15, -0.1) is 4.73 Å². The molecule has 2 aromatic heterocycles. The Morgan fingerprint density at radius 1 is 1.07 bits per heavy atom. The second kappa shape index (κ2) is 6.89. The van der Waals surface area contributed by atoms with Crippen molar-refractivity contribution in [3.8, 4) is 11.1 Å². The second-order valence-corrected chi connectivity index (χ2v) is 6.00. The summed E-state index contributed by atoms with van der Waals surface area (Å²) in [7, 11) is 0. The molecule has 2 aromatic carbocycles. The molecule has 7 nitrogen and oxygen atoms in total. The van der Waals surface area contributed by atoms with Crippen LogP contribution in [0.3, 0.4) is 0 Å². The first kappa shape index (κ1) is 16.7. The first-order valence-electron chi connectivity index (χ1n) is 8.40. The molecule has 0 aliphatic heterocycles. The smallest absolute Gasteiger partial charge is 0.384 e. The third-order valence-electron chi connectivity index (χ3n) is 4.30. The van der Waals surface area contributed by atoms with Crippen LogP contribution in [0.25, 0.3) is 22.2 Å². The molecule has 27 heavy (non-hydrogen) atoms. The van der Waals surface area contributed by atoms with Gasteiger partial charge in [0, 0.05) is 18.4 Å². The average Bonchev–Trinajstić information content (AvgIpc) is 2.72. The van der Waals surface area contributed by atoms with Crippen LogP contribution in [0.2, 0.25) is 0 Å². The molecule has 134 valence electrons. The number of nitrogens with zero attached hydrogens (tertiary/aromatic N) is 3. The zero-order chi connectivity index (χ0) is 18.8. The van der Waals surface area contributed by atoms with Gasteiger partial charge in [-0.3, -0.25) is 0 Å². The lowest BCUT2D eigenvalue weighted by Crippen LogP contribution is -2.23. The average molecular weight is 359 g/mol. The van der Waals surface area contributed by atoms with Crippen molar-refractivity contribution in [1.82, 2.24) is 14.7 Å². The SMILES string of the molecule is NCc1ccccc1-c1cccc(Nc2nc(=O)n(O)c3ncccc23)c1. The highest BCUT2D eigenvalue weighted by Gasteiger charge is 2.11. The lowest BCUT2D eigenvalue weighted by atomic mass is 9.99. The van der Waals surface area contributed by atoms with E-state index in [0.29, 0.717) is 22.5 Å². The van der Waals surface area contributed by atoms with Crippen LogP contribution < -0.4 is 16.7 Å². The fourth-order valence-electron chi connectivity index (χ4n) is 3.02. The van der Waals surface area contributed by atoms with E-state index in [1.54, 1.807) is 12.1 Å². The predicted molar refractivity (Wildman–Crippen MR) is 104 cm³/mol. The van der Waals surface area contributed by atoms with Crippen molar-refractivity contribution in [3.05, 3.63) is 82.9 Å². The van der Waals surface area contributed by atoms with Gasteiger partial charge in [-0.1, -0.05) is 36.4 Å². The van der Waals surface area contributed by atoms with Crippen molar-refractivity contribution in [2.24, 2.45) is 5.73 Å². The van der Waals surface area contributed by atoms with E-state index in [1.165, 1.54) is 6.20 Å². The molecular formula is C20H17N5O2. The van der Waals surface area contributed by atoms with Crippen LogP contribution in [0, 0.1) is 0 Å². The van der Waals surface area contributed by atoms with Gasteiger partial charge in [-0.2, -0.15) is 4.98 Å². The van der Waals surface area contributed by atoms with Gasteiger partial charge < -0.3 is 16.3 Å². The van der Waals surface area contributed by atoms with Crippen LogP contribution in [-0.4, -0.2) is 19.9 Å². The molecule has 0 amide bonds. The topological polar surface area (TPSA) is 106 Å². The molecule has 4 aromatic rings. The van der Waals surface area contributed by atoms with E-state index in [-0.39, 0.29) is 5.65 Å². The number of nitrogens with one attached hydrogen (secondary N) is 1. The number of benzene rings is 2. The van der Waals surface area contributed by atoms with Gasteiger partial charge in [0.2, 0.25) is 0 Å². The highest BCUT2D eigenvalue weighted by molar-refractivity contribution is 5.88. The number of pyridine rings is 1. The van der Waals surface area contributed by atoms with Crippen molar-refractivity contribution < 1.29 is 5.21 Å². The molecule has 4 rings (SSSR count). The normalized spacial score (nSPS) is 10.9. The Labute approximate surface area is 154 Å². The molecule has 2 heterocycles. The van der Waals surface area contributed by atoms with Gasteiger partial charge in [0.25, 0.3) is 0 Å². The van der Waals surface area contributed by atoms with Gasteiger partial charge in [0.05, 0.1) is 5.39 Å². The lowest BCUT2D eigenvalue weighted by molar-refractivity contribution is 0.182. The third-order valence-corrected chi connectivity index (χ3v) is 4.30. The number of aromatic nitrogens is 3. The first-order chi connectivity index (χ1) is 13.2. The first-order valence-corrected chi connectivity index (χ1v) is 8.40. The maximum Gasteiger partial charge on any atom is 0.384 e. The Bertz CT molecular complexity index is 1190. The van der Waals surface area contributed by atoms with Gasteiger partial charge in [0.15, 0.2) is 5.65 Å². The van der Waals surface area contributed by atoms with Crippen LogP contribution in [0.4, 0.5) is 11.5 Å². The highest BCUT2D eigenvalue weighted by Crippen LogP contribution is 2.28. The Hall–Kier alpha value is -3.71. The van der Waals surface area contributed by atoms with E-state index in [4.69, 9.17) is 5.73 Å². The fourth-order valence-corrected chi connectivity index (χ4v) is 3.02. The molecule has 0 bridgehead atoms. The summed E-state index contributed by atoms with van der Waals surface area (Å²) in [6.45, 7) is 0.445. The van der Waals surface area contributed by atoms with Crippen LogP contribution in [-0.2, 0) is 6.54 Å². The Balaban J connectivity index is 1.78. The van der Waals surface area contributed by atoms with Crippen molar-refractivity contribution in [2.45, 2.75) is 6.54 Å². The van der Waals surface area contributed by atoms with Crippen LogP contribution >= 0.6 is 0 Å². The fraction of sp³-hybridized carbons (Fsp3) is 0.0500. The monoisotopic (exact) mass is 359 g/mol. The molecular weight excluding hydrogens is 342 g/mol. The summed E-state index contributed by atoms with van der Waals surface area (Å²) >= 11 is 0. The summed E-state index contributed by atoms with van der Waals surface area (Å²) in [6, 6.07) is 19.1. The van der Waals surface area contributed by atoms with Gasteiger partial charge in [0.1, 0.15) is 5.82 Å². The molecule has 0 fully saturated rings. The third kappa shape index (κ3) is 3.11. The van der Waals surface area contributed by atoms with Crippen molar-refractivity contribution in [2.75, 3.05) is 5.32 Å². The Kier molecular flexibility index (Phi) is 4.27. The number of nitrogens with two attached hydrogens (primary N) is 1. The molecule has 0 spiro atoms. The van der Waals surface area contributed by atoms with E-state index >= 15 is 0 Å². The molecule has 0 saturated heterocycles. The van der Waals surface area contributed by atoms with Crippen LogP contribution in [0.5, 0.6) is 0 Å². The number of hydrogen-bond acceptors (Lipinski definition) is 6. The quantitative estimate of drug-likeness (QED) is 0.484. The minimum atomic E-state index is -0.798. The summed E-state index contributed by atoms with van der Waals surface area (Å²) in [5, 5.41) is 13.5. The molecule has 0 radical (unpaired) electrons.